The van der Waals surface area contributed by atoms with Crippen LogP contribution in [0.4, 0.5) is 0 Å². The molecule has 0 saturated heterocycles. The number of hydrogen-bond acceptors (Lipinski definition) is 4. The van der Waals surface area contributed by atoms with Crippen molar-refractivity contribution >= 4 is 11.9 Å². The molecule has 4 heteroatoms. The van der Waals surface area contributed by atoms with Gasteiger partial charge in [-0.3, -0.25) is 0 Å². The summed E-state index contributed by atoms with van der Waals surface area (Å²) in [7, 11) is 0. The molecule has 1 aromatic carbocycles. The maximum atomic E-state index is 12.4. The molecule has 0 aliphatic rings. The molecule has 0 aromatic heterocycles. The van der Waals surface area contributed by atoms with Crippen molar-refractivity contribution in [3.63, 3.8) is 0 Å². The van der Waals surface area contributed by atoms with Crippen LogP contribution in [-0.2, 0) is 9.47 Å². The Hall–Kier alpha value is -1.84. The molecule has 0 aliphatic heterocycles. The van der Waals surface area contributed by atoms with E-state index in [1.54, 1.807) is 24.3 Å². The molecule has 0 amide bonds. The summed E-state index contributed by atoms with van der Waals surface area (Å²) in [5, 5.41) is 0. The van der Waals surface area contributed by atoms with E-state index in [1.807, 2.05) is 13.8 Å². The Labute approximate surface area is 190 Å². The molecule has 31 heavy (non-hydrogen) atoms. The molecule has 0 radical (unpaired) electrons. The lowest BCUT2D eigenvalue weighted by Crippen LogP contribution is -2.16. The molecule has 0 fully saturated rings. The van der Waals surface area contributed by atoms with E-state index in [0.717, 1.165) is 12.8 Å². The van der Waals surface area contributed by atoms with Crippen LogP contribution in [0.25, 0.3) is 0 Å². The number of rotatable bonds is 18. The molecule has 0 heterocycles. The highest BCUT2D eigenvalue weighted by molar-refractivity contribution is 6.03. The number of hydrogen-bond donors (Lipinski definition) is 0. The minimum Gasteiger partial charge on any atom is -0.462 e. The third kappa shape index (κ3) is 13.2. The average Bonchev–Trinajstić information content (AvgIpc) is 2.77. The van der Waals surface area contributed by atoms with Crippen molar-refractivity contribution < 1.29 is 19.1 Å². The Balaban J connectivity index is 2.12. The fourth-order valence-electron chi connectivity index (χ4n) is 3.52. The zero-order valence-corrected chi connectivity index (χ0v) is 20.1. The second kappa shape index (κ2) is 17.8. The maximum absolute atomic E-state index is 12.4. The van der Waals surface area contributed by atoms with Gasteiger partial charge in [0.2, 0.25) is 0 Å². The number of ether oxygens (including phenoxy) is 2. The molecule has 4 nitrogen and oxygen atoms in total. The third-order valence-electron chi connectivity index (χ3n) is 5.40. The predicted molar refractivity (Wildman–Crippen MR) is 128 cm³/mol. The van der Waals surface area contributed by atoms with E-state index in [4.69, 9.17) is 9.47 Å². The van der Waals surface area contributed by atoms with Crippen LogP contribution in [0.15, 0.2) is 24.3 Å². The van der Waals surface area contributed by atoms with Gasteiger partial charge in [0.1, 0.15) is 0 Å². The second-order valence-electron chi connectivity index (χ2n) is 8.92. The molecule has 0 saturated carbocycles. The lowest BCUT2D eigenvalue weighted by molar-refractivity contribution is 0.0427. The van der Waals surface area contributed by atoms with Crippen molar-refractivity contribution in [2.45, 2.75) is 104 Å². The van der Waals surface area contributed by atoms with Gasteiger partial charge in [0.15, 0.2) is 0 Å². The van der Waals surface area contributed by atoms with Crippen LogP contribution in [0.3, 0.4) is 0 Å². The van der Waals surface area contributed by atoms with Crippen molar-refractivity contribution in [1.82, 2.24) is 0 Å². The fourth-order valence-corrected chi connectivity index (χ4v) is 3.52. The van der Waals surface area contributed by atoms with Crippen molar-refractivity contribution in [2.75, 3.05) is 13.2 Å². The van der Waals surface area contributed by atoms with E-state index in [9.17, 15) is 9.59 Å². The summed E-state index contributed by atoms with van der Waals surface area (Å²) < 4.78 is 10.7. The van der Waals surface area contributed by atoms with E-state index >= 15 is 0 Å². The number of unbranched alkanes of at least 4 members (excludes halogenated alkanes) is 12. The number of carbonyl (C=O) groups is 2. The van der Waals surface area contributed by atoms with E-state index in [-0.39, 0.29) is 17.0 Å². The van der Waals surface area contributed by atoms with Crippen LogP contribution < -0.4 is 0 Å². The predicted octanol–water partition coefficient (Wildman–Crippen LogP) is 7.75. The van der Waals surface area contributed by atoms with Gasteiger partial charge in [-0.2, -0.15) is 0 Å². The minimum atomic E-state index is -0.470. The smallest absolute Gasteiger partial charge is 0.339 e. The monoisotopic (exact) mass is 432 g/mol. The first-order valence-corrected chi connectivity index (χ1v) is 12.5. The van der Waals surface area contributed by atoms with Gasteiger partial charge in [-0.25, -0.2) is 9.59 Å². The second-order valence-corrected chi connectivity index (χ2v) is 8.92. The van der Waals surface area contributed by atoms with Crippen LogP contribution in [0.1, 0.15) is 125 Å². The Morgan fingerprint density at radius 3 is 1.55 bits per heavy atom. The Morgan fingerprint density at radius 2 is 1.10 bits per heavy atom. The lowest BCUT2D eigenvalue weighted by atomic mass is 10.0. The van der Waals surface area contributed by atoms with Crippen LogP contribution in [0.5, 0.6) is 0 Å². The van der Waals surface area contributed by atoms with Gasteiger partial charge in [-0.15, -0.1) is 0 Å². The lowest BCUT2D eigenvalue weighted by Gasteiger charge is -2.11. The topological polar surface area (TPSA) is 52.6 Å². The van der Waals surface area contributed by atoms with Gasteiger partial charge < -0.3 is 9.47 Å². The zero-order chi connectivity index (χ0) is 22.7. The zero-order valence-electron chi connectivity index (χ0n) is 20.1. The maximum Gasteiger partial charge on any atom is 0.339 e. The highest BCUT2D eigenvalue weighted by atomic mass is 16.5. The van der Waals surface area contributed by atoms with Crippen LogP contribution in [0.2, 0.25) is 0 Å². The molecule has 0 bridgehead atoms. The number of benzene rings is 1. The molecule has 0 spiro atoms. The molecule has 1 rings (SSSR count). The summed E-state index contributed by atoms with van der Waals surface area (Å²) in [6.07, 6.45) is 16.7. The average molecular weight is 433 g/mol. The van der Waals surface area contributed by atoms with Gasteiger partial charge in [0.05, 0.1) is 24.3 Å². The standard InChI is InChI=1S/C27H44O4/c1-4-5-6-7-8-9-10-11-12-13-14-15-18-21-30-26(28)24-19-16-17-20-25(24)27(29)31-22-23(2)3/h16-17,19-20,23H,4-15,18,21-22H2,1-3H3. The van der Waals surface area contributed by atoms with Gasteiger partial charge in [0, 0.05) is 0 Å². The normalized spacial score (nSPS) is 11.0. The summed E-state index contributed by atoms with van der Waals surface area (Å²) in [5.41, 5.74) is 0.560. The van der Waals surface area contributed by atoms with Crippen LogP contribution >= 0.6 is 0 Å². The summed E-state index contributed by atoms with van der Waals surface area (Å²) in [6, 6.07) is 6.71. The largest absolute Gasteiger partial charge is 0.462 e. The number of esters is 2. The van der Waals surface area contributed by atoms with Gasteiger partial charge in [-0.05, 0) is 24.5 Å². The van der Waals surface area contributed by atoms with E-state index in [0.29, 0.717) is 13.2 Å². The van der Waals surface area contributed by atoms with Crippen molar-refractivity contribution in [2.24, 2.45) is 5.92 Å². The molecule has 0 aliphatic carbocycles. The Morgan fingerprint density at radius 1 is 0.677 bits per heavy atom. The summed E-state index contributed by atoms with van der Waals surface area (Å²) in [6.45, 7) is 6.94. The SMILES string of the molecule is CCCCCCCCCCCCCCCOC(=O)c1ccccc1C(=O)OCC(C)C. The van der Waals surface area contributed by atoms with E-state index < -0.39 is 11.9 Å². The first-order valence-electron chi connectivity index (χ1n) is 12.5. The van der Waals surface area contributed by atoms with Crippen molar-refractivity contribution in [3.05, 3.63) is 35.4 Å². The first kappa shape index (κ1) is 27.2. The third-order valence-corrected chi connectivity index (χ3v) is 5.40. The molecule has 0 atom stereocenters. The molecular formula is C27H44O4. The summed E-state index contributed by atoms with van der Waals surface area (Å²) in [4.78, 5) is 24.6. The Kier molecular flexibility index (Phi) is 15.6. The quantitative estimate of drug-likeness (QED) is 0.176. The molecule has 176 valence electrons. The first-order chi connectivity index (χ1) is 15.1. The van der Waals surface area contributed by atoms with Crippen molar-refractivity contribution in [3.8, 4) is 0 Å². The highest BCUT2D eigenvalue weighted by Gasteiger charge is 2.19. The molecular weight excluding hydrogens is 388 g/mol. The van der Waals surface area contributed by atoms with Crippen molar-refractivity contribution in [1.29, 1.82) is 0 Å². The van der Waals surface area contributed by atoms with Gasteiger partial charge in [0.25, 0.3) is 0 Å². The van der Waals surface area contributed by atoms with E-state index in [1.165, 1.54) is 70.6 Å². The number of carbonyl (C=O) groups excluding carboxylic acids is 2. The molecule has 0 unspecified atom stereocenters. The molecule has 1 aromatic rings. The van der Waals surface area contributed by atoms with Gasteiger partial charge >= 0.3 is 11.9 Å². The molecule has 0 N–H and O–H groups in total. The minimum absolute atomic E-state index is 0.249. The Bertz CT molecular complexity index is 609. The fraction of sp³-hybridized carbons (Fsp3) is 0.704. The summed E-state index contributed by atoms with van der Waals surface area (Å²) >= 11 is 0. The van der Waals surface area contributed by atoms with Crippen LogP contribution in [0, 0.1) is 5.92 Å². The highest BCUT2D eigenvalue weighted by Crippen LogP contribution is 2.15. The van der Waals surface area contributed by atoms with Crippen LogP contribution in [-0.4, -0.2) is 25.2 Å². The van der Waals surface area contributed by atoms with Gasteiger partial charge in [-0.1, -0.05) is 110 Å². The van der Waals surface area contributed by atoms with E-state index in [2.05, 4.69) is 6.92 Å². The summed E-state index contributed by atoms with van der Waals surface area (Å²) in [5.74, 6) is -0.670.